The van der Waals surface area contributed by atoms with Gasteiger partial charge in [-0.05, 0) is 163 Å². The molecular weight excluding hydrogens is 815 g/mol. The van der Waals surface area contributed by atoms with Crippen molar-refractivity contribution < 1.29 is 17.1 Å². The van der Waals surface area contributed by atoms with Crippen molar-refractivity contribution in [3.05, 3.63) is 147 Å². The Morgan fingerprint density at radius 3 is 1.47 bits per heavy atom. The van der Waals surface area contributed by atoms with Crippen LogP contribution in [0.3, 0.4) is 0 Å². The van der Waals surface area contributed by atoms with Gasteiger partial charge in [-0.3, -0.25) is 4.74 Å². The first kappa shape index (κ1) is 42.4. The molecule has 1 atom stereocenters. The maximum atomic E-state index is 6.65. The van der Waals surface area contributed by atoms with E-state index in [4.69, 9.17) is 15.4 Å². The smallest absolute Gasteiger partial charge is 0.657 e. The van der Waals surface area contributed by atoms with Crippen molar-refractivity contribution in [2.24, 2.45) is 40.3 Å². The van der Waals surface area contributed by atoms with E-state index in [0.29, 0.717) is 0 Å². The van der Waals surface area contributed by atoms with Gasteiger partial charge >= 0.3 is 17.1 Å². The van der Waals surface area contributed by atoms with Crippen molar-refractivity contribution in [3.8, 4) is 0 Å². The second-order valence-corrected chi connectivity index (χ2v) is 24.3. The molecule has 0 aromatic heterocycles. The molecule has 8 aliphatic carbocycles. The predicted molar refractivity (Wildman–Crippen MR) is 258 cm³/mol. The van der Waals surface area contributed by atoms with E-state index < -0.39 is 7.05 Å². The summed E-state index contributed by atoms with van der Waals surface area (Å²) in [6.07, 6.45) is 16.2. The second kappa shape index (κ2) is 16.4. The van der Waals surface area contributed by atoms with Crippen molar-refractivity contribution in [2.75, 3.05) is 0 Å². The molecule has 1 radical (unpaired) electrons. The first-order valence-corrected chi connectivity index (χ1v) is 25.5. The van der Waals surface area contributed by atoms with E-state index in [1.165, 1.54) is 126 Å². The standard InChI is InChI=1S/C56H65N4P.Fe/c1-36-19-38(3)53(39(4)20-36)58-49-15-9-11-17-51(49)61(48-13-7-6-8-14-48,60-56-32-44-26-45(33-56)28-46(27-44)34-56)52-18-12-10-16-50(52)59-54-40(5)21-37(2)22-47(54)35-57-55-29-41-23-42(30-55)25-43(24-41)31-55;/h6-22,41-46,57H,23-35H2,1-5H3;/q-2;+3/t41?,42?,43?,44?,45?,46?,55?,56?,61-;/m1./s1. The maximum Gasteiger partial charge on any atom is 3.00 e. The fourth-order valence-electron chi connectivity index (χ4n) is 14.9. The Hall–Kier alpha value is -3.59. The Balaban J connectivity index is 0.00000458. The summed E-state index contributed by atoms with van der Waals surface area (Å²) in [6.45, 7) is 12.0. The molecule has 321 valence electrons. The maximum absolute atomic E-state index is 6.65. The Labute approximate surface area is 382 Å². The molecule has 6 heteroatoms. The number of rotatable bonds is 11. The summed E-state index contributed by atoms with van der Waals surface area (Å²) in [6, 6.07) is 39.0. The van der Waals surface area contributed by atoms with Crippen LogP contribution in [0.4, 0.5) is 22.7 Å². The quantitative estimate of drug-likeness (QED) is 0.104. The molecule has 4 nitrogen and oxygen atoms in total. The molecule has 0 heterocycles. The van der Waals surface area contributed by atoms with Crippen LogP contribution in [-0.4, -0.2) is 11.1 Å². The van der Waals surface area contributed by atoms with Crippen LogP contribution < -0.4 is 21.2 Å². The molecule has 0 unspecified atom stereocenters. The molecule has 8 saturated carbocycles. The van der Waals surface area contributed by atoms with Crippen LogP contribution in [0.25, 0.3) is 10.6 Å². The summed E-state index contributed by atoms with van der Waals surface area (Å²) < 4.78 is 6.65. The van der Waals surface area contributed by atoms with Gasteiger partial charge in [0.05, 0.1) is 12.6 Å². The topological polar surface area (TPSA) is 52.6 Å². The van der Waals surface area contributed by atoms with E-state index in [2.05, 4.69) is 143 Å². The summed E-state index contributed by atoms with van der Waals surface area (Å²) in [5.74, 6) is 5.08. The Bertz CT molecular complexity index is 2450. The third-order valence-electron chi connectivity index (χ3n) is 16.3. The fraction of sp³-hybridized carbons (Fsp3) is 0.464. The minimum absolute atomic E-state index is 0. The van der Waals surface area contributed by atoms with Crippen molar-refractivity contribution in [2.45, 2.75) is 129 Å². The zero-order valence-electron chi connectivity index (χ0n) is 37.6. The molecule has 5 aromatic carbocycles. The molecule has 13 rings (SSSR count). The first-order valence-electron chi connectivity index (χ1n) is 23.8. The fourth-order valence-corrected chi connectivity index (χ4v) is 19.1. The van der Waals surface area contributed by atoms with E-state index in [1.807, 2.05) is 0 Å². The van der Waals surface area contributed by atoms with Crippen LogP contribution in [0.2, 0.25) is 0 Å². The number of para-hydroxylation sites is 2. The molecule has 0 spiro atoms. The van der Waals surface area contributed by atoms with E-state index in [1.54, 1.807) is 0 Å². The average molecular weight is 881 g/mol. The Morgan fingerprint density at radius 1 is 0.532 bits per heavy atom. The van der Waals surface area contributed by atoms with Crippen LogP contribution >= 0.6 is 7.05 Å². The number of nitrogens with zero attached hydrogens (tertiary/aromatic N) is 3. The third-order valence-corrected chi connectivity index (χ3v) is 20.2. The van der Waals surface area contributed by atoms with Crippen molar-refractivity contribution in [1.29, 1.82) is 0 Å². The number of hydrogen-bond donors (Lipinski definition) is 1. The SMILES string of the molecule is Cc1cc(C)c([N-]c2ccccc2[P@](=NC23CC4CC(CC(C4)C2)C3)(c2ccccc2)c2ccccc2[N-]c2c(C)cc(C)cc2CNC23CC4CC(CC(C4)C2)C3)c(C)c1.[Fe+3]. The molecule has 62 heavy (non-hydrogen) atoms. The molecule has 8 fully saturated rings. The number of nitrogens with one attached hydrogen (secondary N) is 1. The second-order valence-electron chi connectivity index (χ2n) is 21.3. The van der Waals surface area contributed by atoms with Gasteiger partial charge in [-0.2, -0.15) is 0 Å². The van der Waals surface area contributed by atoms with Crippen LogP contribution in [0, 0.1) is 70.1 Å². The van der Waals surface area contributed by atoms with E-state index in [-0.39, 0.29) is 28.1 Å². The Morgan fingerprint density at radius 2 is 0.952 bits per heavy atom. The van der Waals surface area contributed by atoms with Crippen molar-refractivity contribution in [3.63, 3.8) is 0 Å². The third kappa shape index (κ3) is 7.66. The summed E-state index contributed by atoms with van der Waals surface area (Å²) in [4.78, 5) is 0. The van der Waals surface area contributed by atoms with Crippen LogP contribution in [0.1, 0.15) is 110 Å². The number of hydrogen-bond acceptors (Lipinski definition) is 2. The van der Waals surface area contributed by atoms with Gasteiger partial charge in [0.2, 0.25) is 0 Å². The molecule has 8 bridgehead atoms. The van der Waals surface area contributed by atoms with E-state index in [9.17, 15) is 0 Å². The number of aryl methyl sites for hydroxylation is 5. The minimum Gasteiger partial charge on any atom is -0.657 e. The normalized spacial score (nSPS) is 29.8. The monoisotopic (exact) mass is 880 g/mol. The van der Waals surface area contributed by atoms with Gasteiger partial charge in [-0.1, -0.05) is 131 Å². The number of benzene rings is 5. The molecule has 5 aromatic rings. The van der Waals surface area contributed by atoms with Crippen LogP contribution in [0.15, 0.2) is 108 Å². The molecule has 0 amide bonds. The van der Waals surface area contributed by atoms with Gasteiger partial charge in [-0.15, -0.1) is 22.7 Å². The summed E-state index contributed by atoms with van der Waals surface area (Å²) in [5.41, 5.74) is 12.1. The molecule has 8 aliphatic rings. The summed E-state index contributed by atoms with van der Waals surface area (Å²) in [7, 11) is -2.76. The summed E-state index contributed by atoms with van der Waals surface area (Å²) in [5, 5.41) is 19.7. The van der Waals surface area contributed by atoms with E-state index in [0.717, 1.165) is 64.8 Å². The Kier molecular flexibility index (Phi) is 11.2. The van der Waals surface area contributed by atoms with Gasteiger partial charge < -0.3 is 16.0 Å². The average Bonchev–Trinajstić information content (AvgIpc) is 3.21. The zero-order chi connectivity index (χ0) is 41.5. The zero-order valence-corrected chi connectivity index (χ0v) is 39.6. The molecular formula is C56H65FeN4P+. The van der Waals surface area contributed by atoms with Gasteiger partial charge in [-0.25, -0.2) is 0 Å². The molecule has 1 N–H and O–H groups in total. The predicted octanol–water partition coefficient (Wildman–Crippen LogP) is 14.4. The van der Waals surface area contributed by atoms with Gasteiger partial charge in [0, 0.05) is 17.4 Å². The molecule has 0 saturated heterocycles. The first-order chi connectivity index (χ1) is 29.5. The molecule has 0 aliphatic heterocycles. The van der Waals surface area contributed by atoms with Crippen molar-refractivity contribution >= 4 is 45.7 Å². The van der Waals surface area contributed by atoms with Gasteiger partial charge in [0.1, 0.15) is 0 Å². The summed E-state index contributed by atoms with van der Waals surface area (Å²) >= 11 is 0. The van der Waals surface area contributed by atoms with Gasteiger partial charge in [0.25, 0.3) is 0 Å². The largest absolute Gasteiger partial charge is 3.00 e. The van der Waals surface area contributed by atoms with Crippen LogP contribution in [-0.2, 0) is 23.6 Å². The van der Waals surface area contributed by atoms with E-state index >= 15 is 0 Å². The van der Waals surface area contributed by atoms with Gasteiger partial charge in [0.15, 0.2) is 0 Å². The minimum atomic E-state index is -2.76. The van der Waals surface area contributed by atoms with Crippen molar-refractivity contribution in [1.82, 2.24) is 5.32 Å². The van der Waals surface area contributed by atoms with Crippen LogP contribution in [0.5, 0.6) is 0 Å².